The van der Waals surface area contributed by atoms with E-state index in [4.69, 9.17) is 16.0 Å². The second-order valence-corrected chi connectivity index (χ2v) is 6.73. The van der Waals surface area contributed by atoms with Crippen molar-refractivity contribution in [3.63, 3.8) is 0 Å². The molecule has 1 fully saturated rings. The van der Waals surface area contributed by atoms with Crippen LogP contribution in [0.2, 0.25) is 5.02 Å². The largest absolute Gasteiger partial charge is 0.459 e. The summed E-state index contributed by atoms with van der Waals surface area (Å²) in [6, 6.07) is 10.4. The normalized spacial score (nSPS) is 15.5. The molecule has 0 unspecified atom stereocenters. The standard InChI is InChI=1S/C20H21ClN2O3/c21-16-10-5-4-7-14(16)13-17(23-20(25)18-11-6-12-26-18)19(24)22-15-8-2-1-3-9-15/h4-7,10-13,15H,1-3,8-9H2,(H,22,24)(H,23,25). The first kappa shape index (κ1) is 18.3. The Hall–Kier alpha value is -2.53. The van der Waals surface area contributed by atoms with Crippen molar-refractivity contribution in [2.45, 2.75) is 38.1 Å². The lowest BCUT2D eigenvalue weighted by atomic mass is 9.95. The van der Waals surface area contributed by atoms with Crippen molar-refractivity contribution in [2.75, 3.05) is 0 Å². The Morgan fingerprint density at radius 1 is 1.08 bits per heavy atom. The number of hydrogen-bond acceptors (Lipinski definition) is 3. The molecule has 1 aliphatic rings. The zero-order valence-corrected chi connectivity index (χ0v) is 15.1. The number of hydrogen-bond donors (Lipinski definition) is 2. The smallest absolute Gasteiger partial charge is 0.291 e. The minimum absolute atomic E-state index is 0.131. The molecule has 0 atom stereocenters. The molecule has 0 saturated heterocycles. The van der Waals surface area contributed by atoms with Crippen molar-refractivity contribution in [2.24, 2.45) is 0 Å². The third-order valence-electron chi connectivity index (χ3n) is 4.38. The van der Waals surface area contributed by atoms with Crippen molar-refractivity contribution >= 4 is 29.5 Å². The van der Waals surface area contributed by atoms with Crippen LogP contribution in [-0.2, 0) is 4.79 Å². The number of amides is 2. The molecule has 6 heteroatoms. The van der Waals surface area contributed by atoms with Gasteiger partial charge in [-0.25, -0.2) is 0 Å². The molecule has 1 aromatic heterocycles. The number of carbonyl (C=O) groups is 2. The molecule has 1 heterocycles. The number of halogens is 1. The second kappa shape index (κ2) is 8.72. The Balaban J connectivity index is 1.81. The van der Waals surface area contributed by atoms with Gasteiger partial charge in [0.2, 0.25) is 0 Å². The van der Waals surface area contributed by atoms with E-state index in [9.17, 15) is 9.59 Å². The summed E-state index contributed by atoms with van der Waals surface area (Å²) in [5.41, 5.74) is 0.799. The first-order valence-corrected chi connectivity index (χ1v) is 9.13. The van der Waals surface area contributed by atoms with Crippen molar-refractivity contribution < 1.29 is 14.0 Å². The van der Waals surface area contributed by atoms with Gasteiger partial charge in [0.05, 0.1) is 6.26 Å². The molecule has 1 saturated carbocycles. The van der Waals surface area contributed by atoms with Crippen LogP contribution in [0.15, 0.2) is 52.8 Å². The van der Waals surface area contributed by atoms with Crippen LogP contribution in [0.3, 0.4) is 0 Å². The van der Waals surface area contributed by atoms with Crippen LogP contribution in [0, 0.1) is 0 Å². The summed E-state index contributed by atoms with van der Waals surface area (Å²) in [5, 5.41) is 6.16. The van der Waals surface area contributed by atoms with E-state index in [1.165, 1.54) is 12.7 Å². The van der Waals surface area contributed by atoms with Crippen molar-refractivity contribution in [3.8, 4) is 0 Å². The van der Waals surface area contributed by atoms with Crippen LogP contribution in [-0.4, -0.2) is 17.9 Å². The fourth-order valence-corrected chi connectivity index (χ4v) is 3.20. The maximum atomic E-state index is 12.8. The van der Waals surface area contributed by atoms with E-state index in [0.717, 1.165) is 25.7 Å². The summed E-state index contributed by atoms with van der Waals surface area (Å²) in [7, 11) is 0. The first-order valence-electron chi connectivity index (χ1n) is 8.75. The van der Waals surface area contributed by atoms with Crippen molar-refractivity contribution in [3.05, 3.63) is 64.7 Å². The maximum Gasteiger partial charge on any atom is 0.291 e. The molecule has 2 amide bonds. The number of rotatable bonds is 5. The third kappa shape index (κ3) is 4.76. The van der Waals surface area contributed by atoms with Gasteiger partial charge in [-0.2, -0.15) is 0 Å². The summed E-state index contributed by atoms with van der Waals surface area (Å²) >= 11 is 6.19. The van der Waals surface area contributed by atoms with Crippen LogP contribution >= 0.6 is 11.6 Å². The average Bonchev–Trinajstić information content (AvgIpc) is 3.18. The molecular formula is C20H21ClN2O3. The lowest BCUT2D eigenvalue weighted by Gasteiger charge is -2.23. The Morgan fingerprint density at radius 3 is 2.54 bits per heavy atom. The quantitative estimate of drug-likeness (QED) is 0.774. The molecule has 2 N–H and O–H groups in total. The first-order chi connectivity index (χ1) is 12.6. The Labute approximate surface area is 157 Å². The number of carbonyl (C=O) groups excluding carboxylic acids is 2. The fraction of sp³-hybridized carbons (Fsp3) is 0.300. The molecule has 0 bridgehead atoms. The van der Waals surface area contributed by atoms with E-state index in [2.05, 4.69) is 10.6 Å². The molecule has 2 aromatic rings. The minimum Gasteiger partial charge on any atom is -0.459 e. The summed E-state index contributed by atoms with van der Waals surface area (Å²) in [4.78, 5) is 25.1. The van der Waals surface area contributed by atoms with Gasteiger partial charge in [-0.05, 0) is 42.7 Å². The monoisotopic (exact) mass is 372 g/mol. The second-order valence-electron chi connectivity index (χ2n) is 6.32. The van der Waals surface area contributed by atoms with Gasteiger partial charge in [0.15, 0.2) is 5.76 Å². The van der Waals surface area contributed by atoms with Crippen LogP contribution < -0.4 is 10.6 Å². The van der Waals surface area contributed by atoms with Crippen LogP contribution in [0.4, 0.5) is 0 Å². The van der Waals surface area contributed by atoms with Gasteiger partial charge in [0.25, 0.3) is 11.8 Å². The van der Waals surface area contributed by atoms with Gasteiger partial charge in [0.1, 0.15) is 5.70 Å². The number of nitrogens with one attached hydrogen (secondary N) is 2. The maximum absolute atomic E-state index is 12.8. The summed E-state index contributed by atoms with van der Waals surface area (Å²) in [5.74, 6) is -0.663. The zero-order chi connectivity index (χ0) is 18.4. The zero-order valence-electron chi connectivity index (χ0n) is 14.3. The third-order valence-corrected chi connectivity index (χ3v) is 4.73. The van der Waals surface area contributed by atoms with Crippen LogP contribution in [0.5, 0.6) is 0 Å². The van der Waals surface area contributed by atoms with Crippen LogP contribution in [0.25, 0.3) is 6.08 Å². The molecule has 1 aliphatic carbocycles. The van der Waals surface area contributed by atoms with E-state index in [-0.39, 0.29) is 23.4 Å². The Morgan fingerprint density at radius 2 is 1.85 bits per heavy atom. The highest BCUT2D eigenvalue weighted by molar-refractivity contribution is 6.32. The average molecular weight is 373 g/mol. The van der Waals surface area contributed by atoms with Gasteiger partial charge in [0, 0.05) is 11.1 Å². The SMILES string of the molecule is O=C(NC1CCCCC1)C(=Cc1ccccc1Cl)NC(=O)c1ccco1. The molecule has 136 valence electrons. The topological polar surface area (TPSA) is 71.3 Å². The molecule has 3 rings (SSSR count). The van der Waals surface area contributed by atoms with E-state index < -0.39 is 5.91 Å². The number of benzene rings is 1. The number of furan rings is 1. The van der Waals surface area contributed by atoms with Gasteiger partial charge in [-0.15, -0.1) is 0 Å². The van der Waals surface area contributed by atoms with Crippen molar-refractivity contribution in [1.82, 2.24) is 10.6 Å². The molecule has 0 spiro atoms. The lowest BCUT2D eigenvalue weighted by molar-refractivity contribution is -0.118. The summed E-state index contributed by atoms with van der Waals surface area (Å²) in [6.07, 6.45) is 8.31. The molecule has 0 aliphatic heterocycles. The molecular weight excluding hydrogens is 352 g/mol. The van der Waals surface area contributed by atoms with Gasteiger partial charge >= 0.3 is 0 Å². The van der Waals surface area contributed by atoms with Crippen LogP contribution in [0.1, 0.15) is 48.2 Å². The molecule has 5 nitrogen and oxygen atoms in total. The highest BCUT2D eigenvalue weighted by Crippen LogP contribution is 2.20. The van der Waals surface area contributed by atoms with E-state index in [1.807, 2.05) is 12.1 Å². The fourth-order valence-electron chi connectivity index (χ4n) is 3.01. The van der Waals surface area contributed by atoms with E-state index in [0.29, 0.717) is 10.6 Å². The molecule has 26 heavy (non-hydrogen) atoms. The lowest BCUT2D eigenvalue weighted by Crippen LogP contribution is -2.41. The van der Waals surface area contributed by atoms with Crippen molar-refractivity contribution in [1.29, 1.82) is 0 Å². The highest BCUT2D eigenvalue weighted by atomic mass is 35.5. The highest BCUT2D eigenvalue weighted by Gasteiger charge is 2.21. The summed E-state index contributed by atoms with van der Waals surface area (Å²) in [6.45, 7) is 0. The van der Waals surface area contributed by atoms with Gasteiger partial charge < -0.3 is 15.1 Å². The van der Waals surface area contributed by atoms with Gasteiger partial charge in [-0.1, -0.05) is 49.1 Å². The molecule has 1 aromatic carbocycles. The minimum atomic E-state index is -0.480. The van der Waals surface area contributed by atoms with Gasteiger partial charge in [-0.3, -0.25) is 9.59 Å². The predicted molar refractivity (Wildman–Crippen MR) is 101 cm³/mol. The Bertz CT molecular complexity index is 793. The van der Waals surface area contributed by atoms with E-state index in [1.54, 1.807) is 30.3 Å². The summed E-state index contributed by atoms with van der Waals surface area (Å²) < 4.78 is 5.10. The predicted octanol–water partition coefficient (Wildman–Crippen LogP) is 4.15. The Kier molecular flexibility index (Phi) is 6.12. The molecule has 0 radical (unpaired) electrons. The van der Waals surface area contributed by atoms with E-state index >= 15 is 0 Å².